The van der Waals surface area contributed by atoms with Crippen molar-refractivity contribution in [3.05, 3.63) is 27.1 Å². The molecule has 0 aliphatic carbocycles. The Morgan fingerprint density at radius 3 is 2.62 bits per heavy atom. The highest BCUT2D eigenvalue weighted by atomic mass is 79.9. The third kappa shape index (κ3) is 2.51. The Balaban J connectivity index is 3.06. The van der Waals surface area contributed by atoms with Gasteiger partial charge in [-0.3, -0.25) is 4.79 Å². The number of aromatic nitrogens is 1. The topological polar surface area (TPSA) is 48.0 Å². The highest BCUT2D eigenvalue weighted by molar-refractivity contribution is 9.10. The first-order chi connectivity index (χ1) is 6.00. The Bertz CT molecular complexity index is 338. The van der Waals surface area contributed by atoms with Crippen molar-refractivity contribution < 1.29 is 8.78 Å². The number of rotatable bonds is 2. The van der Waals surface area contributed by atoms with E-state index < -0.39 is 13.0 Å². The zero-order chi connectivity index (χ0) is 10.0. The van der Waals surface area contributed by atoms with Gasteiger partial charge < -0.3 is 10.3 Å². The normalized spacial score (nSPS) is 10.8. The van der Waals surface area contributed by atoms with Crippen LogP contribution in [0.4, 0.5) is 14.5 Å². The van der Waals surface area contributed by atoms with Gasteiger partial charge in [0.05, 0.1) is 16.7 Å². The van der Waals surface area contributed by atoms with Crippen molar-refractivity contribution in [1.82, 2.24) is 4.57 Å². The van der Waals surface area contributed by atoms with Gasteiger partial charge >= 0.3 is 0 Å². The Morgan fingerprint density at radius 1 is 1.54 bits per heavy atom. The number of nitrogen functional groups attached to an aromatic ring is 1. The maximum Gasteiger partial charge on any atom is 0.256 e. The predicted molar refractivity (Wildman–Crippen MR) is 48.8 cm³/mol. The second-order valence-electron chi connectivity index (χ2n) is 2.48. The first-order valence-electron chi connectivity index (χ1n) is 3.44. The molecule has 72 valence electrons. The summed E-state index contributed by atoms with van der Waals surface area (Å²) in [5.74, 6) is 0. The van der Waals surface area contributed by atoms with E-state index >= 15 is 0 Å². The summed E-state index contributed by atoms with van der Waals surface area (Å²) in [6, 6.07) is 0. The van der Waals surface area contributed by atoms with E-state index in [0.29, 0.717) is 0 Å². The summed E-state index contributed by atoms with van der Waals surface area (Å²) >= 11 is 2.93. The van der Waals surface area contributed by atoms with Crippen LogP contribution in [0.5, 0.6) is 0 Å². The fourth-order valence-corrected chi connectivity index (χ4v) is 1.37. The van der Waals surface area contributed by atoms with Crippen LogP contribution < -0.4 is 11.2 Å². The Morgan fingerprint density at radius 2 is 2.15 bits per heavy atom. The van der Waals surface area contributed by atoms with Gasteiger partial charge in [-0.25, -0.2) is 8.78 Å². The van der Waals surface area contributed by atoms with Gasteiger partial charge in [-0.15, -0.1) is 0 Å². The molecule has 0 radical (unpaired) electrons. The number of anilines is 1. The Hall–Kier alpha value is -0.910. The van der Waals surface area contributed by atoms with E-state index in [-0.39, 0.29) is 15.6 Å². The molecule has 0 bridgehead atoms. The highest BCUT2D eigenvalue weighted by Crippen LogP contribution is 2.07. The van der Waals surface area contributed by atoms with E-state index in [1.165, 1.54) is 17.0 Å². The van der Waals surface area contributed by atoms with Crippen molar-refractivity contribution in [3.8, 4) is 0 Å². The van der Waals surface area contributed by atoms with Gasteiger partial charge in [0.15, 0.2) is 0 Å². The SMILES string of the molecule is Nc1cn(CC(F)F)cc(Br)c1=O. The van der Waals surface area contributed by atoms with E-state index in [1.807, 2.05) is 0 Å². The lowest BCUT2D eigenvalue weighted by Gasteiger charge is -2.06. The molecule has 0 aliphatic heterocycles. The summed E-state index contributed by atoms with van der Waals surface area (Å²) < 4.78 is 25.2. The van der Waals surface area contributed by atoms with Crippen LogP contribution in [-0.4, -0.2) is 11.0 Å². The molecule has 0 amide bonds. The standard InChI is InChI=1S/C7H7BrF2N2O/c8-4-1-12(3-6(9)10)2-5(11)7(4)13/h1-2,6H,3,11H2. The summed E-state index contributed by atoms with van der Waals surface area (Å²) in [5, 5.41) is 0. The lowest BCUT2D eigenvalue weighted by atomic mass is 10.4. The van der Waals surface area contributed by atoms with Crippen molar-refractivity contribution in [3.63, 3.8) is 0 Å². The molecule has 1 heterocycles. The predicted octanol–water partition coefficient (Wildman–Crippen LogP) is 1.46. The minimum atomic E-state index is -2.46. The van der Waals surface area contributed by atoms with E-state index in [2.05, 4.69) is 15.9 Å². The molecule has 0 saturated heterocycles. The minimum absolute atomic E-state index is 0.0463. The van der Waals surface area contributed by atoms with Crippen molar-refractivity contribution in [1.29, 1.82) is 0 Å². The second kappa shape index (κ2) is 3.87. The summed E-state index contributed by atoms with van der Waals surface area (Å²) in [6.45, 7) is -0.469. The molecule has 0 spiro atoms. The average Bonchev–Trinajstić information content (AvgIpc) is 1.98. The van der Waals surface area contributed by atoms with Crippen molar-refractivity contribution >= 4 is 21.6 Å². The number of nitrogens with two attached hydrogens (primary N) is 1. The Kier molecular flexibility index (Phi) is 3.02. The quantitative estimate of drug-likeness (QED) is 0.867. The van der Waals surface area contributed by atoms with Crippen molar-refractivity contribution in [2.75, 3.05) is 5.73 Å². The summed E-state index contributed by atoms with van der Waals surface area (Å²) in [6.07, 6.45) is 0.0122. The van der Waals surface area contributed by atoms with Gasteiger partial charge in [0.25, 0.3) is 6.43 Å². The first-order valence-corrected chi connectivity index (χ1v) is 4.23. The van der Waals surface area contributed by atoms with Crippen LogP contribution in [0, 0.1) is 0 Å². The largest absolute Gasteiger partial charge is 0.394 e. The van der Waals surface area contributed by atoms with Crippen LogP contribution in [0.25, 0.3) is 0 Å². The van der Waals surface area contributed by atoms with Gasteiger partial charge in [-0.2, -0.15) is 0 Å². The van der Waals surface area contributed by atoms with Crippen LogP contribution >= 0.6 is 15.9 Å². The molecule has 0 fully saturated rings. The maximum absolute atomic E-state index is 11.9. The molecule has 0 aromatic carbocycles. The molecule has 1 aromatic heterocycles. The highest BCUT2D eigenvalue weighted by Gasteiger charge is 2.06. The molecular weight excluding hydrogens is 246 g/mol. The lowest BCUT2D eigenvalue weighted by molar-refractivity contribution is 0.126. The average molecular weight is 253 g/mol. The summed E-state index contributed by atoms with van der Waals surface area (Å²) in [4.78, 5) is 11.0. The number of alkyl halides is 2. The third-order valence-corrected chi connectivity index (χ3v) is 1.98. The first kappa shape index (κ1) is 10.2. The molecule has 3 nitrogen and oxygen atoms in total. The van der Waals surface area contributed by atoms with Crippen LogP contribution in [-0.2, 0) is 6.54 Å². The van der Waals surface area contributed by atoms with E-state index in [1.54, 1.807) is 0 Å². The number of nitrogens with zero attached hydrogens (tertiary/aromatic N) is 1. The van der Waals surface area contributed by atoms with E-state index in [4.69, 9.17) is 5.73 Å². The van der Waals surface area contributed by atoms with Gasteiger partial charge in [0.2, 0.25) is 5.43 Å². The Labute approximate surface area is 81.3 Å². The van der Waals surface area contributed by atoms with Gasteiger partial charge in [0.1, 0.15) is 0 Å². The maximum atomic E-state index is 11.9. The molecule has 0 atom stereocenters. The van der Waals surface area contributed by atoms with Gasteiger partial charge in [0, 0.05) is 12.4 Å². The fraction of sp³-hybridized carbons (Fsp3) is 0.286. The zero-order valence-electron chi connectivity index (χ0n) is 6.51. The molecule has 6 heteroatoms. The molecular formula is C7H7BrF2N2O. The second-order valence-corrected chi connectivity index (χ2v) is 3.33. The number of halogens is 3. The van der Waals surface area contributed by atoms with Crippen LogP contribution in [0.15, 0.2) is 21.7 Å². The van der Waals surface area contributed by atoms with Gasteiger partial charge in [-0.1, -0.05) is 0 Å². The molecule has 0 unspecified atom stereocenters. The molecule has 13 heavy (non-hydrogen) atoms. The minimum Gasteiger partial charge on any atom is -0.394 e. The van der Waals surface area contributed by atoms with Gasteiger partial charge in [-0.05, 0) is 15.9 Å². The van der Waals surface area contributed by atoms with Crippen LogP contribution in [0.2, 0.25) is 0 Å². The summed E-state index contributed by atoms with van der Waals surface area (Å²) in [5.41, 5.74) is 4.86. The fourth-order valence-electron chi connectivity index (χ4n) is 0.881. The molecule has 0 aliphatic rings. The lowest BCUT2D eigenvalue weighted by Crippen LogP contribution is -2.15. The molecule has 1 rings (SSSR count). The number of hydrogen-bond acceptors (Lipinski definition) is 2. The number of hydrogen-bond donors (Lipinski definition) is 1. The van der Waals surface area contributed by atoms with E-state index in [0.717, 1.165) is 0 Å². The smallest absolute Gasteiger partial charge is 0.256 e. The molecule has 1 aromatic rings. The van der Waals surface area contributed by atoms with Crippen LogP contribution in [0.1, 0.15) is 0 Å². The summed E-state index contributed by atoms with van der Waals surface area (Å²) in [7, 11) is 0. The van der Waals surface area contributed by atoms with Crippen molar-refractivity contribution in [2.45, 2.75) is 13.0 Å². The molecule has 2 N–H and O–H groups in total. The monoisotopic (exact) mass is 252 g/mol. The molecule has 0 saturated carbocycles. The zero-order valence-corrected chi connectivity index (χ0v) is 8.09. The number of pyridine rings is 1. The third-order valence-electron chi connectivity index (χ3n) is 1.41. The van der Waals surface area contributed by atoms with Crippen LogP contribution in [0.3, 0.4) is 0 Å². The van der Waals surface area contributed by atoms with Crippen molar-refractivity contribution in [2.24, 2.45) is 0 Å². The van der Waals surface area contributed by atoms with E-state index in [9.17, 15) is 13.6 Å².